The first kappa shape index (κ1) is 17.2. The van der Waals surface area contributed by atoms with Crippen molar-refractivity contribution in [2.24, 2.45) is 5.92 Å². The Labute approximate surface area is 130 Å². The summed E-state index contributed by atoms with van der Waals surface area (Å²) in [5, 5.41) is 12.8. The molecule has 1 aromatic rings. The molecule has 1 aliphatic carbocycles. The van der Waals surface area contributed by atoms with Gasteiger partial charge in [0.15, 0.2) is 0 Å². The third-order valence-electron chi connectivity index (χ3n) is 4.46. The van der Waals surface area contributed by atoms with Crippen LogP contribution in [0.15, 0.2) is 24.3 Å². The van der Waals surface area contributed by atoms with Crippen molar-refractivity contribution in [3.63, 3.8) is 0 Å². The number of ether oxygens (including phenoxy) is 1. The van der Waals surface area contributed by atoms with Crippen molar-refractivity contribution in [2.75, 3.05) is 6.61 Å². The van der Waals surface area contributed by atoms with Gasteiger partial charge in [-0.05, 0) is 55.7 Å². The maximum absolute atomic E-state index is 12.2. The molecule has 1 aromatic carbocycles. The summed E-state index contributed by atoms with van der Waals surface area (Å²) in [6.07, 6.45) is 5.22. The predicted molar refractivity (Wildman–Crippen MR) is 82.1 cm³/mol. The fourth-order valence-corrected chi connectivity index (χ4v) is 3.13. The quantitative estimate of drug-likeness (QED) is 0.802. The minimum absolute atomic E-state index is 0.192. The van der Waals surface area contributed by atoms with Crippen LogP contribution in [0.25, 0.3) is 0 Å². The summed E-state index contributed by atoms with van der Waals surface area (Å²) in [6.45, 7) is -0.386. The second kappa shape index (κ2) is 8.44. The average molecular weight is 313 g/mol. The molecule has 5 heteroatoms. The van der Waals surface area contributed by atoms with Crippen molar-refractivity contribution >= 4 is 0 Å². The molecule has 2 N–H and O–H groups in total. The first-order chi connectivity index (χ1) is 10.6. The van der Waals surface area contributed by atoms with Gasteiger partial charge in [-0.3, -0.25) is 0 Å². The number of halogens is 2. The van der Waals surface area contributed by atoms with Gasteiger partial charge in [0.1, 0.15) is 5.75 Å². The third-order valence-corrected chi connectivity index (χ3v) is 4.46. The van der Waals surface area contributed by atoms with E-state index >= 15 is 0 Å². The summed E-state index contributed by atoms with van der Waals surface area (Å²) >= 11 is 0. The third kappa shape index (κ3) is 4.92. The molecule has 0 aromatic heterocycles. The Morgan fingerprint density at radius 3 is 2.32 bits per heavy atom. The van der Waals surface area contributed by atoms with Crippen LogP contribution >= 0.6 is 0 Å². The Balaban J connectivity index is 1.91. The zero-order valence-electron chi connectivity index (χ0n) is 13.0. The topological polar surface area (TPSA) is 41.5 Å². The zero-order chi connectivity index (χ0) is 15.9. The fraction of sp³-hybridized carbons (Fsp3) is 0.647. The smallest absolute Gasteiger partial charge is 0.387 e. The van der Waals surface area contributed by atoms with Crippen molar-refractivity contribution in [1.29, 1.82) is 0 Å². The summed E-state index contributed by atoms with van der Waals surface area (Å²) in [4.78, 5) is 0. The highest BCUT2D eigenvalue weighted by atomic mass is 19.3. The standard InChI is InChI=1S/C17H25F2NO2/c1-2-16(20-14-7-3-12(11-21)4-8-14)13-5-9-15(10-6-13)22-17(18)19/h5-6,9-10,12,14,16-17,20-21H,2-4,7-8,11H2,1H3. The van der Waals surface area contributed by atoms with Gasteiger partial charge < -0.3 is 15.2 Å². The van der Waals surface area contributed by atoms with Crippen LogP contribution in [0.4, 0.5) is 8.78 Å². The van der Waals surface area contributed by atoms with Crippen molar-refractivity contribution < 1.29 is 18.6 Å². The van der Waals surface area contributed by atoms with E-state index in [1.807, 2.05) is 12.1 Å². The highest BCUT2D eigenvalue weighted by molar-refractivity contribution is 5.29. The van der Waals surface area contributed by atoms with Crippen LogP contribution in [-0.2, 0) is 0 Å². The van der Waals surface area contributed by atoms with Crippen molar-refractivity contribution in [1.82, 2.24) is 5.32 Å². The Morgan fingerprint density at radius 2 is 1.82 bits per heavy atom. The molecule has 0 radical (unpaired) electrons. The van der Waals surface area contributed by atoms with E-state index in [-0.39, 0.29) is 18.4 Å². The van der Waals surface area contributed by atoms with E-state index in [0.717, 1.165) is 37.7 Å². The lowest BCUT2D eigenvalue weighted by Gasteiger charge is -2.31. The molecule has 22 heavy (non-hydrogen) atoms. The second-order valence-electron chi connectivity index (χ2n) is 5.98. The molecule has 2 rings (SSSR count). The van der Waals surface area contributed by atoms with Gasteiger partial charge in [0.25, 0.3) is 0 Å². The van der Waals surface area contributed by atoms with Crippen molar-refractivity contribution in [3.8, 4) is 5.75 Å². The Morgan fingerprint density at radius 1 is 1.18 bits per heavy atom. The number of alkyl halides is 2. The van der Waals surface area contributed by atoms with Crippen LogP contribution in [0, 0.1) is 5.92 Å². The molecule has 0 heterocycles. The van der Waals surface area contributed by atoms with E-state index in [1.165, 1.54) is 0 Å². The number of hydrogen-bond donors (Lipinski definition) is 2. The number of aliphatic hydroxyl groups excluding tert-OH is 1. The maximum Gasteiger partial charge on any atom is 0.387 e. The number of nitrogens with one attached hydrogen (secondary N) is 1. The fourth-order valence-electron chi connectivity index (χ4n) is 3.13. The van der Waals surface area contributed by atoms with Crippen LogP contribution in [0.5, 0.6) is 5.75 Å². The lowest BCUT2D eigenvalue weighted by atomic mass is 9.86. The van der Waals surface area contributed by atoms with Gasteiger partial charge in [0, 0.05) is 18.7 Å². The maximum atomic E-state index is 12.2. The van der Waals surface area contributed by atoms with Crippen LogP contribution < -0.4 is 10.1 Å². The van der Waals surface area contributed by atoms with Gasteiger partial charge in [-0.25, -0.2) is 0 Å². The van der Waals surface area contributed by atoms with Crippen LogP contribution in [0.3, 0.4) is 0 Å². The van der Waals surface area contributed by atoms with Crippen molar-refractivity contribution in [3.05, 3.63) is 29.8 Å². The van der Waals surface area contributed by atoms with E-state index in [0.29, 0.717) is 12.0 Å². The molecular formula is C17H25F2NO2. The summed E-state index contributed by atoms with van der Waals surface area (Å²) in [5.41, 5.74) is 1.09. The number of rotatable bonds is 7. The van der Waals surface area contributed by atoms with Gasteiger partial charge in [-0.2, -0.15) is 8.78 Å². The largest absolute Gasteiger partial charge is 0.435 e. The van der Waals surface area contributed by atoms with Crippen LogP contribution in [0.2, 0.25) is 0 Å². The number of hydrogen-bond acceptors (Lipinski definition) is 3. The van der Waals surface area contributed by atoms with Crippen LogP contribution in [-0.4, -0.2) is 24.4 Å². The van der Waals surface area contributed by atoms with E-state index in [4.69, 9.17) is 0 Å². The lowest BCUT2D eigenvalue weighted by Crippen LogP contribution is -2.36. The molecule has 0 aliphatic heterocycles. The number of aliphatic hydroxyl groups is 1. The second-order valence-corrected chi connectivity index (χ2v) is 5.98. The summed E-state index contributed by atoms with van der Waals surface area (Å²) in [6, 6.07) is 7.56. The van der Waals surface area contributed by atoms with Crippen LogP contribution in [0.1, 0.15) is 50.6 Å². The first-order valence-electron chi connectivity index (χ1n) is 8.04. The molecule has 0 spiro atoms. The van der Waals surface area contributed by atoms with E-state index in [9.17, 15) is 13.9 Å². The Bertz CT molecular complexity index is 431. The molecule has 124 valence electrons. The lowest BCUT2D eigenvalue weighted by molar-refractivity contribution is -0.0498. The highest BCUT2D eigenvalue weighted by Crippen LogP contribution is 2.27. The van der Waals surface area contributed by atoms with Crippen molar-refractivity contribution in [2.45, 2.75) is 57.7 Å². The van der Waals surface area contributed by atoms with E-state index in [1.54, 1.807) is 12.1 Å². The molecule has 0 amide bonds. The molecule has 0 bridgehead atoms. The first-order valence-corrected chi connectivity index (χ1v) is 8.04. The molecule has 1 aliphatic rings. The SMILES string of the molecule is CCC(NC1CCC(CO)CC1)c1ccc(OC(F)F)cc1. The molecular weight excluding hydrogens is 288 g/mol. The molecule has 1 fully saturated rings. The normalized spacial score (nSPS) is 23.5. The Kier molecular flexibility index (Phi) is 6.58. The number of benzene rings is 1. The molecule has 1 saturated carbocycles. The van der Waals surface area contributed by atoms with E-state index < -0.39 is 6.61 Å². The van der Waals surface area contributed by atoms with Gasteiger partial charge >= 0.3 is 6.61 Å². The average Bonchev–Trinajstić information content (AvgIpc) is 2.53. The minimum Gasteiger partial charge on any atom is -0.435 e. The van der Waals surface area contributed by atoms with Gasteiger partial charge in [-0.15, -0.1) is 0 Å². The molecule has 1 atom stereocenters. The molecule has 3 nitrogen and oxygen atoms in total. The highest BCUT2D eigenvalue weighted by Gasteiger charge is 2.22. The summed E-state index contributed by atoms with van der Waals surface area (Å²) in [7, 11) is 0. The van der Waals surface area contributed by atoms with Gasteiger partial charge in [0.2, 0.25) is 0 Å². The van der Waals surface area contributed by atoms with Gasteiger partial charge in [-0.1, -0.05) is 19.1 Å². The molecule has 1 unspecified atom stereocenters. The predicted octanol–water partition coefficient (Wildman–Crippen LogP) is 3.88. The van der Waals surface area contributed by atoms with E-state index in [2.05, 4.69) is 17.0 Å². The van der Waals surface area contributed by atoms with Gasteiger partial charge in [0.05, 0.1) is 0 Å². The summed E-state index contributed by atoms with van der Waals surface area (Å²) < 4.78 is 28.7. The molecule has 0 saturated heterocycles. The monoisotopic (exact) mass is 313 g/mol. The zero-order valence-corrected chi connectivity index (χ0v) is 13.0. The minimum atomic E-state index is -2.78. The Hall–Kier alpha value is -1.20. The summed E-state index contributed by atoms with van der Waals surface area (Å²) in [5.74, 6) is 0.640.